The van der Waals surface area contributed by atoms with E-state index in [-0.39, 0.29) is 5.69 Å². The number of nitrogens with zero attached hydrogens (tertiary/aromatic N) is 3. The van der Waals surface area contributed by atoms with Crippen LogP contribution < -0.4 is 0 Å². The molecule has 1 aromatic heterocycles. The Hall–Kier alpha value is -3.10. The highest BCUT2D eigenvalue weighted by molar-refractivity contribution is 9.10. The minimum Gasteiger partial charge on any atom is -0.436 e. The van der Waals surface area contributed by atoms with E-state index in [2.05, 4.69) is 41.8 Å². The summed E-state index contributed by atoms with van der Waals surface area (Å²) < 4.78 is 7.26. The van der Waals surface area contributed by atoms with Crippen molar-refractivity contribution >= 4 is 66.6 Å². The van der Waals surface area contributed by atoms with Crippen molar-refractivity contribution in [3.05, 3.63) is 91.4 Å². The summed E-state index contributed by atoms with van der Waals surface area (Å²) in [4.78, 5) is 19.5. The van der Waals surface area contributed by atoms with Crippen LogP contribution in [0.25, 0.3) is 28.6 Å². The summed E-state index contributed by atoms with van der Waals surface area (Å²) in [6.07, 6.45) is 5.11. The predicted molar refractivity (Wildman–Crippen MR) is 125 cm³/mol. The van der Waals surface area contributed by atoms with Gasteiger partial charge in [-0.1, -0.05) is 28.1 Å². The first-order chi connectivity index (χ1) is 14.5. The molecular formula is C22H13Br2N3O3. The van der Waals surface area contributed by atoms with Crippen LogP contribution in [0.1, 0.15) is 5.56 Å². The lowest BCUT2D eigenvalue weighted by Crippen LogP contribution is -1.89. The Morgan fingerprint density at radius 3 is 2.60 bits per heavy atom. The second-order valence-corrected chi connectivity index (χ2v) is 8.05. The molecule has 0 atom stereocenters. The van der Waals surface area contributed by atoms with Gasteiger partial charge in [0.05, 0.1) is 15.1 Å². The summed E-state index contributed by atoms with van der Waals surface area (Å²) in [5.74, 6) is 0.551. The van der Waals surface area contributed by atoms with Crippen molar-refractivity contribution in [3.63, 3.8) is 0 Å². The molecule has 0 N–H and O–H groups in total. The zero-order valence-electron chi connectivity index (χ0n) is 15.3. The molecular weight excluding hydrogens is 514 g/mol. The van der Waals surface area contributed by atoms with Gasteiger partial charge in [0.1, 0.15) is 5.52 Å². The first kappa shape index (κ1) is 20.2. The number of rotatable bonds is 5. The predicted octanol–water partition coefficient (Wildman–Crippen LogP) is 7.34. The molecule has 3 aromatic carbocycles. The number of halogens is 2. The van der Waals surface area contributed by atoms with Crippen LogP contribution in [0, 0.1) is 10.1 Å². The molecule has 0 saturated heterocycles. The number of hydrogen-bond acceptors (Lipinski definition) is 5. The van der Waals surface area contributed by atoms with Gasteiger partial charge in [0, 0.05) is 22.3 Å². The molecule has 0 spiro atoms. The number of oxazole rings is 1. The molecule has 4 aromatic rings. The third-order valence-corrected chi connectivity index (χ3v) is 5.43. The summed E-state index contributed by atoms with van der Waals surface area (Å²) in [5.41, 5.74) is 3.75. The van der Waals surface area contributed by atoms with Crippen molar-refractivity contribution in [1.29, 1.82) is 0 Å². The first-order valence-corrected chi connectivity index (χ1v) is 10.4. The highest BCUT2D eigenvalue weighted by atomic mass is 79.9. The summed E-state index contributed by atoms with van der Waals surface area (Å²) in [6.45, 7) is 0. The van der Waals surface area contributed by atoms with E-state index in [1.54, 1.807) is 30.5 Å². The number of benzene rings is 3. The molecule has 0 fully saturated rings. The molecule has 148 valence electrons. The number of aromatic nitrogens is 1. The summed E-state index contributed by atoms with van der Waals surface area (Å²) in [5, 5.41) is 11.0. The van der Waals surface area contributed by atoms with Crippen LogP contribution in [0.4, 0.5) is 11.4 Å². The van der Waals surface area contributed by atoms with E-state index in [0.717, 1.165) is 21.2 Å². The average molecular weight is 527 g/mol. The smallest absolute Gasteiger partial charge is 0.284 e. The van der Waals surface area contributed by atoms with Crippen molar-refractivity contribution in [2.75, 3.05) is 0 Å². The summed E-state index contributed by atoms with van der Waals surface area (Å²) in [7, 11) is 0. The molecule has 0 aliphatic carbocycles. The van der Waals surface area contributed by atoms with E-state index >= 15 is 0 Å². The van der Waals surface area contributed by atoms with E-state index in [0.29, 0.717) is 21.5 Å². The lowest BCUT2D eigenvalue weighted by molar-refractivity contribution is -0.385. The van der Waals surface area contributed by atoms with Crippen LogP contribution in [0.15, 0.2) is 85.1 Å². The lowest BCUT2D eigenvalue weighted by atomic mass is 10.2. The molecule has 8 heteroatoms. The standard InChI is InChI=1S/C22H13Br2N3O3/c23-16-6-4-15(5-7-16)22-26-19-13-17(8-10-21(19)30-22)25-11-1-2-14-3-9-18(24)20(12-14)27(28)29/h1-13H/b2-1+,25-11?. The van der Waals surface area contributed by atoms with Crippen LogP contribution in [0.3, 0.4) is 0 Å². The van der Waals surface area contributed by atoms with E-state index in [9.17, 15) is 10.1 Å². The SMILES string of the molecule is O=[N+]([O-])c1cc(/C=C/C=Nc2ccc3oc(-c4ccc(Br)cc4)nc3c2)ccc1Br. The van der Waals surface area contributed by atoms with Crippen LogP contribution in [-0.2, 0) is 0 Å². The summed E-state index contributed by atoms with van der Waals surface area (Å²) in [6, 6.07) is 18.2. The van der Waals surface area contributed by atoms with Crippen LogP contribution in [-0.4, -0.2) is 16.1 Å². The molecule has 0 radical (unpaired) electrons. The van der Waals surface area contributed by atoms with Gasteiger partial charge in [-0.3, -0.25) is 15.1 Å². The number of nitro benzene ring substituents is 1. The van der Waals surface area contributed by atoms with Gasteiger partial charge in [0.2, 0.25) is 5.89 Å². The lowest BCUT2D eigenvalue weighted by Gasteiger charge is -1.97. The normalized spacial score (nSPS) is 11.7. The van der Waals surface area contributed by atoms with Crippen molar-refractivity contribution < 1.29 is 9.34 Å². The molecule has 0 saturated carbocycles. The largest absolute Gasteiger partial charge is 0.436 e. The third-order valence-electron chi connectivity index (χ3n) is 4.23. The molecule has 0 unspecified atom stereocenters. The van der Waals surface area contributed by atoms with Gasteiger partial charge in [-0.2, -0.15) is 0 Å². The quantitative estimate of drug-likeness (QED) is 0.155. The van der Waals surface area contributed by atoms with Crippen molar-refractivity contribution in [2.45, 2.75) is 0 Å². The maximum Gasteiger partial charge on any atom is 0.284 e. The van der Waals surface area contributed by atoms with Crippen molar-refractivity contribution in [3.8, 4) is 11.5 Å². The van der Waals surface area contributed by atoms with Gasteiger partial charge in [-0.05, 0) is 76.1 Å². The van der Waals surface area contributed by atoms with E-state index < -0.39 is 4.92 Å². The highest BCUT2D eigenvalue weighted by Gasteiger charge is 2.11. The molecule has 0 amide bonds. The monoisotopic (exact) mass is 525 g/mol. The number of aliphatic imine (C=N–C) groups is 1. The molecule has 6 nitrogen and oxygen atoms in total. The maximum absolute atomic E-state index is 11.0. The highest BCUT2D eigenvalue weighted by Crippen LogP contribution is 2.28. The fourth-order valence-corrected chi connectivity index (χ4v) is 3.42. The Morgan fingerprint density at radius 2 is 1.83 bits per heavy atom. The minimum atomic E-state index is -0.425. The van der Waals surface area contributed by atoms with Crippen molar-refractivity contribution in [1.82, 2.24) is 4.98 Å². The van der Waals surface area contributed by atoms with E-state index in [1.165, 1.54) is 6.07 Å². The minimum absolute atomic E-state index is 0.0205. The van der Waals surface area contributed by atoms with E-state index in [1.807, 2.05) is 42.5 Å². The Morgan fingerprint density at radius 1 is 1.03 bits per heavy atom. The Labute approximate surface area is 188 Å². The number of hydrogen-bond donors (Lipinski definition) is 0. The van der Waals surface area contributed by atoms with Gasteiger partial charge in [0.15, 0.2) is 5.58 Å². The summed E-state index contributed by atoms with van der Waals surface area (Å²) >= 11 is 6.59. The van der Waals surface area contributed by atoms with E-state index in [4.69, 9.17) is 4.42 Å². The zero-order chi connectivity index (χ0) is 21.1. The molecule has 1 heterocycles. The fourth-order valence-electron chi connectivity index (χ4n) is 2.77. The average Bonchev–Trinajstić information content (AvgIpc) is 3.16. The third kappa shape index (κ3) is 4.55. The molecule has 0 bridgehead atoms. The Kier molecular flexibility index (Phi) is 5.87. The fraction of sp³-hybridized carbons (Fsp3) is 0. The molecule has 0 aliphatic rings. The number of fused-ring (bicyclic) bond motifs is 1. The van der Waals surface area contributed by atoms with Crippen molar-refractivity contribution in [2.24, 2.45) is 4.99 Å². The maximum atomic E-state index is 11.0. The van der Waals surface area contributed by atoms with Crippen LogP contribution in [0.5, 0.6) is 0 Å². The van der Waals surface area contributed by atoms with Gasteiger partial charge in [0.25, 0.3) is 5.69 Å². The molecule has 4 rings (SSSR count). The molecule has 0 aliphatic heterocycles. The topological polar surface area (TPSA) is 81.5 Å². The molecule has 30 heavy (non-hydrogen) atoms. The Bertz CT molecular complexity index is 1290. The van der Waals surface area contributed by atoms with Crippen LogP contribution in [0.2, 0.25) is 0 Å². The van der Waals surface area contributed by atoms with Gasteiger partial charge in [-0.25, -0.2) is 4.98 Å². The zero-order valence-corrected chi connectivity index (χ0v) is 18.5. The Balaban J connectivity index is 1.52. The first-order valence-electron chi connectivity index (χ1n) is 8.81. The van der Waals surface area contributed by atoms with Crippen LogP contribution >= 0.6 is 31.9 Å². The van der Waals surface area contributed by atoms with Gasteiger partial charge < -0.3 is 4.42 Å². The second-order valence-electron chi connectivity index (χ2n) is 6.28. The van der Waals surface area contributed by atoms with Gasteiger partial charge in [-0.15, -0.1) is 0 Å². The number of nitro groups is 1. The number of allylic oxidation sites excluding steroid dienone is 1. The van der Waals surface area contributed by atoms with Gasteiger partial charge >= 0.3 is 0 Å². The second kappa shape index (κ2) is 8.73.